The largest absolute Gasteiger partial charge is 0.385 e. The van der Waals surface area contributed by atoms with Gasteiger partial charge in [0.05, 0.1) is 0 Å². The van der Waals surface area contributed by atoms with Crippen LogP contribution >= 0.6 is 0 Å². The number of anilines is 2. The molecular formula is C14H22N2. The molecule has 0 bridgehead atoms. The molecule has 1 aromatic carbocycles. The third-order valence-corrected chi connectivity index (χ3v) is 3.16. The van der Waals surface area contributed by atoms with Crippen LogP contribution in [0, 0.1) is 0 Å². The van der Waals surface area contributed by atoms with Gasteiger partial charge in [0.2, 0.25) is 0 Å². The Morgan fingerprint density at radius 2 is 2.25 bits per heavy atom. The van der Waals surface area contributed by atoms with Crippen LogP contribution in [0.1, 0.15) is 38.2 Å². The lowest BCUT2D eigenvalue weighted by atomic mass is 10.0. The van der Waals surface area contributed by atoms with Crippen molar-refractivity contribution in [3.63, 3.8) is 0 Å². The first-order valence-corrected chi connectivity index (χ1v) is 6.51. The predicted molar refractivity (Wildman–Crippen MR) is 71.3 cm³/mol. The lowest BCUT2D eigenvalue weighted by Gasteiger charge is -2.19. The highest BCUT2D eigenvalue weighted by atomic mass is 14.9. The maximum atomic E-state index is 3.49. The van der Waals surface area contributed by atoms with E-state index in [0.717, 1.165) is 13.1 Å². The quantitative estimate of drug-likeness (QED) is 0.737. The number of nitrogens with one attached hydrogen (secondary N) is 2. The van der Waals surface area contributed by atoms with Crippen molar-refractivity contribution in [1.29, 1.82) is 0 Å². The summed E-state index contributed by atoms with van der Waals surface area (Å²) in [7, 11) is 0. The molecule has 0 fully saturated rings. The van der Waals surface area contributed by atoms with Crippen molar-refractivity contribution in [3.8, 4) is 0 Å². The molecule has 0 aromatic heterocycles. The van der Waals surface area contributed by atoms with Crippen molar-refractivity contribution in [3.05, 3.63) is 23.8 Å². The number of hydrogen-bond acceptors (Lipinski definition) is 2. The number of rotatable bonds is 5. The van der Waals surface area contributed by atoms with E-state index in [0.29, 0.717) is 0 Å². The second-order valence-electron chi connectivity index (χ2n) is 4.54. The van der Waals surface area contributed by atoms with Crippen LogP contribution in [-0.4, -0.2) is 13.1 Å². The van der Waals surface area contributed by atoms with E-state index in [9.17, 15) is 0 Å². The summed E-state index contributed by atoms with van der Waals surface area (Å²) in [6, 6.07) is 6.71. The summed E-state index contributed by atoms with van der Waals surface area (Å²) in [5, 5.41) is 6.95. The second-order valence-corrected chi connectivity index (χ2v) is 4.54. The number of hydrogen-bond donors (Lipinski definition) is 2. The van der Waals surface area contributed by atoms with E-state index in [1.54, 1.807) is 0 Å². The van der Waals surface area contributed by atoms with Crippen LogP contribution in [0.3, 0.4) is 0 Å². The molecule has 0 amide bonds. The lowest BCUT2D eigenvalue weighted by Crippen LogP contribution is -2.12. The molecule has 2 nitrogen and oxygen atoms in total. The molecule has 1 heterocycles. The SMILES string of the molecule is CCCCCNc1ccc2c(c1)NCCC2. The monoisotopic (exact) mass is 218 g/mol. The average Bonchev–Trinajstić information content (AvgIpc) is 2.34. The predicted octanol–water partition coefficient (Wildman–Crippen LogP) is 3.65. The summed E-state index contributed by atoms with van der Waals surface area (Å²) >= 11 is 0. The van der Waals surface area contributed by atoms with Crippen molar-refractivity contribution < 1.29 is 0 Å². The molecule has 0 aliphatic carbocycles. The van der Waals surface area contributed by atoms with Gasteiger partial charge in [-0.05, 0) is 37.0 Å². The molecule has 1 aliphatic rings. The highest BCUT2D eigenvalue weighted by Gasteiger charge is 2.07. The van der Waals surface area contributed by atoms with Crippen LogP contribution < -0.4 is 10.6 Å². The Kier molecular flexibility index (Phi) is 4.09. The molecule has 2 rings (SSSR count). The van der Waals surface area contributed by atoms with E-state index in [1.165, 1.54) is 49.0 Å². The van der Waals surface area contributed by atoms with Gasteiger partial charge < -0.3 is 10.6 Å². The van der Waals surface area contributed by atoms with Gasteiger partial charge in [0.15, 0.2) is 0 Å². The Hall–Kier alpha value is -1.18. The van der Waals surface area contributed by atoms with E-state index in [2.05, 4.69) is 35.8 Å². The highest BCUT2D eigenvalue weighted by molar-refractivity contribution is 5.62. The van der Waals surface area contributed by atoms with Crippen molar-refractivity contribution in [2.24, 2.45) is 0 Å². The van der Waals surface area contributed by atoms with Gasteiger partial charge in [0.25, 0.3) is 0 Å². The van der Waals surface area contributed by atoms with Crippen molar-refractivity contribution in [2.75, 3.05) is 23.7 Å². The molecule has 1 aliphatic heterocycles. The van der Waals surface area contributed by atoms with Crippen LogP contribution in [-0.2, 0) is 6.42 Å². The minimum Gasteiger partial charge on any atom is -0.385 e. The van der Waals surface area contributed by atoms with Gasteiger partial charge in [-0.3, -0.25) is 0 Å². The molecule has 88 valence electrons. The van der Waals surface area contributed by atoms with E-state index >= 15 is 0 Å². The summed E-state index contributed by atoms with van der Waals surface area (Å²) in [5.74, 6) is 0. The molecule has 0 radical (unpaired) electrons. The van der Waals surface area contributed by atoms with Crippen LogP contribution in [0.5, 0.6) is 0 Å². The first-order valence-electron chi connectivity index (χ1n) is 6.51. The van der Waals surface area contributed by atoms with E-state index in [-0.39, 0.29) is 0 Å². The smallest absolute Gasteiger partial charge is 0.0393 e. The Morgan fingerprint density at radius 1 is 1.31 bits per heavy atom. The third kappa shape index (κ3) is 2.91. The molecule has 0 spiro atoms. The summed E-state index contributed by atoms with van der Waals surface area (Å²) in [5.41, 5.74) is 4.04. The van der Waals surface area contributed by atoms with Crippen LogP contribution in [0.15, 0.2) is 18.2 Å². The molecule has 2 heteroatoms. The van der Waals surface area contributed by atoms with E-state index < -0.39 is 0 Å². The Balaban J connectivity index is 1.90. The second kappa shape index (κ2) is 5.78. The van der Waals surface area contributed by atoms with Crippen LogP contribution in [0.2, 0.25) is 0 Å². The normalized spacial score (nSPS) is 14.1. The fraction of sp³-hybridized carbons (Fsp3) is 0.571. The summed E-state index contributed by atoms with van der Waals surface area (Å²) in [6.45, 7) is 4.45. The number of aryl methyl sites for hydroxylation is 1. The summed E-state index contributed by atoms with van der Waals surface area (Å²) in [6.07, 6.45) is 6.35. The van der Waals surface area contributed by atoms with Gasteiger partial charge in [-0.2, -0.15) is 0 Å². The fourth-order valence-electron chi connectivity index (χ4n) is 2.18. The third-order valence-electron chi connectivity index (χ3n) is 3.16. The van der Waals surface area contributed by atoms with Gasteiger partial charge in [-0.25, -0.2) is 0 Å². The zero-order valence-corrected chi connectivity index (χ0v) is 10.2. The summed E-state index contributed by atoms with van der Waals surface area (Å²) in [4.78, 5) is 0. The number of benzene rings is 1. The van der Waals surface area contributed by atoms with Gasteiger partial charge in [-0.1, -0.05) is 25.8 Å². The van der Waals surface area contributed by atoms with Crippen LogP contribution in [0.4, 0.5) is 11.4 Å². The van der Waals surface area contributed by atoms with E-state index in [4.69, 9.17) is 0 Å². The topological polar surface area (TPSA) is 24.1 Å². The van der Waals surface area contributed by atoms with Crippen LogP contribution in [0.25, 0.3) is 0 Å². The number of fused-ring (bicyclic) bond motifs is 1. The summed E-state index contributed by atoms with van der Waals surface area (Å²) < 4.78 is 0. The molecule has 16 heavy (non-hydrogen) atoms. The molecular weight excluding hydrogens is 196 g/mol. The molecule has 0 saturated heterocycles. The zero-order valence-electron chi connectivity index (χ0n) is 10.2. The van der Waals surface area contributed by atoms with Gasteiger partial charge in [0.1, 0.15) is 0 Å². The molecule has 0 saturated carbocycles. The molecule has 2 N–H and O–H groups in total. The van der Waals surface area contributed by atoms with E-state index in [1.807, 2.05) is 0 Å². The standard InChI is InChI=1S/C14H22N2/c1-2-3-4-9-15-13-8-7-12-6-5-10-16-14(12)11-13/h7-8,11,15-16H,2-6,9-10H2,1H3. The Morgan fingerprint density at radius 3 is 3.12 bits per heavy atom. The van der Waals surface area contributed by atoms with Gasteiger partial charge >= 0.3 is 0 Å². The molecule has 1 aromatic rings. The van der Waals surface area contributed by atoms with Gasteiger partial charge in [0, 0.05) is 24.5 Å². The van der Waals surface area contributed by atoms with Crippen molar-refractivity contribution >= 4 is 11.4 Å². The van der Waals surface area contributed by atoms with Crippen molar-refractivity contribution in [1.82, 2.24) is 0 Å². The first kappa shape index (κ1) is 11.3. The fourth-order valence-corrected chi connectivity index (χ4v) is 2.18. The maximum absolute atomic E-state index is 3.49. The van der Waals surface area contributed by atoms with Crippen molar-refractivity contribution in [2.45, 2.75) is 39.0 Å². The minimum atomic E-state index is 1.09. The Bertz CT molecular complexity index is 334. The zero-order chi connectivity index (χ0) is 11.2. The highest BCUT2D eigenvalue weighted by Crippen LogP contribution is 2.25. The Labute approximate surface area is 98.4 Å². The first-order chi connectivity index (χ1) is 7.90. The molecule has 0 atom stereocenters. The lowest BCUT2D eigenvalue weighted by molar-refractivity contribution is 0.743. The van der Waals surface area contributed by atoms with Gasteiger partial charge in [-0.15, -0.1) is 0 Å². The number of unbranched alkanes of at least 4 members (excludes halogenated alkanes) is 2. The maximum Gasteiger partial charge on any atom is 0.0393 e. The average molecular weight is 218 g/mol. The minimum absolute atomic E-state index is 1.09. The molecule has 0 unspecified atom stereocenters.